The highest BCUT2D eigenvalue weighted by Crippen LogP contribution is 2.24. The first-order valence-electron chi connectivity index (χ1n) is 8.58. The number of nitrogens with zero attached hydrogens (tertiary/aromatic N) is 3. The molecule has 142 valence electrons. The monoisotopic (exact) mass is 402 g/mol. The highest BCUT2D eigenvalue weighted by molar-refractivity contribution is 7.92. The highest BCUT2D eigenvalue weighted by Gasteiger charge is 2.14. The van der Waals surface area contributed by atoms with Crippen LogP contribution < -0.4 is 4.72 Å². The number of aromatic nitrogens is 2. The minimum absolute atomic E-state index is 0.189. The van der Waals surface area contributed by atoms with E-state index in [1.165, 1.54) is 12.1 Å². The fourth-order valence-electron chi connectivity index (χ4n) is 2.65. The van der Waals surface area contributed by atoms with Gasteiger partial charge in [-0.1, -0.05) is 23.4 Å². The second-order valence-corrected chi connectivity index (χ2v) is 7.79. The number of nitrogens with one attached hydrogen (secondary N) is 1. The molecule has 0 aliphatic carbocycles. The van der Waals surface area contributed by atoms with Gasteiger partial charge in [-0.25, -0.2) is 8.42 Å². The Morgan fingerprint density at radius 3 is 2.17 bits per heavy atom. The van der Waals surface area contributed by atoms with Crippen LogP contribution in [0.2, 0.25) is 0 Å². The molecule has 0 spiro atoms. The fourth-order valence-corrected chi connectivity index (χ4v) is 3.73. The van der Waals surface area contributed by atoms with Crippen molar-refractivity contribution < 1.29 is 12.9 Å². The molecule has 0 atom stereocenters. The molecule has 0 saturated heterocycles. The molecule has 0 bridgehead atoms. The summed E-state index contributed by atoms with van der Waals surface area (Å²) in [6.45, 7) is 0. The summed E-state index contributed by atoms with van der Waals surface area (Å²) in [5.74, 6) is 0.708. The molecule has 7 nitrogen and oxygen atoms in total. The van der Waals surface area contributed by atoms with Gasteiger partial charge in [0.15, 0.2) is 0 Å². The maximum absolute atomic E-state index is 12.4. The molecular weight excluding hydrogens is 388 g/mol. The van der Waals surface area contributed by atoms with Crippen molar-refractivity contribution >= 4 is 15.7 Å². The Morgan fingerprint density at radius 1 is 0.862 bits per heavy atom. The van der Waals surface area contributed by atoms with Crippen LogP contribution in [0.5, 0.6) is 0 Å². The van der Waals surface area contributed by atoms with Gasteiger partial charge >= 0.3 is 0 Å². The van der Waals surface area contributed by atoms with Gasteiger partial charge in [0.1, 0.15) is 0 Å². The Hall–Kier alpha value is -3.96. The number of hydrogen-bond acceptors (Lipinski definition) is 6. The van der Waals surface area contributed by atoms with E-state index in [0.717, 1.165) is 0 Å². The first-order valence-corrected chi connectivity index (χ1v) is 10.1. The van der Waals surface area contributed by atoms with E-state index >= 15 is 0 Å². The second-order valence-electron chi connectivity index (χ2n) is 6.11. The van der Waals surface area contributed by atoms with E-state index in [1.807, 2.05) is 0 Å². The zero-order chi connectivity index (χ0) is 20.3. The van der Waals surface area contributed by atoms with Crippen LogP contribution in [0.1, 0.15) is 5.56 Å². The Kier molecular flexibility index (Phi) is 4.81. The summed E-state index contributed by atoms with van der Waals surface area (Å²) in [7, 11) is -3.65. The van der Waals surface area contributed by atoms with E-state index in [4.69, 9.17) is 9.78 Å². The van der Waals surface area contributed by atoms with Crippen molar-refractivity contribution in [1.29, 1.82) is 5.26 Å². The lowest BCUT2D eigenvalue weighted by molar-refractivity contribution is 0.432. The van der Waals surface area contributed by atoms with E-state index in [1.54, 1.807) is 66.7 Å². The molecule has 0 aliphatic heterocycles. The maximum atomic E-state index is 12.4. The van der Waals surface area contributed by atoms with Crippen molar-refractivity contribution in [1.82, 2.24) is 10.1 Å². The van der Waals surface area contributed by atoms with Gasteiger partial charge in [0.2, 0.25) is 5.82 Å². The summed E-state index contributed by atoms with van der Waals surface area (Å²) >= 11 is 0. The Labute approximate surface area is 167 Å². The molecule has 1 aromatic heterocycles. The van der Waals surface area contributed by atoms with Crippen LogP contribution in [0, 0.1) is 11.3 Å². The predicted octanol–water partition coefficient (Wildman–Crippen LogP) is 4.08. The first-order chi connectivity index (χ1) is 14.0. The molecule has 0 unspecified atom stereocenters. The lowest BCUT2D eigenvalue weighted by Crippen LogP contribution is -2.12. The number of anilines is 1. The molecule has 4 aromatic rings. The van der Waals surface area contributed by atoms with Crippen molar-refractivity contribution in [2.75, 3.05) is 4.72 Å². The predicted molar refractivity (Wildman–Crippen MR) is 107 cm³/mol. The summed E-state index contributed by atoms with van der Waals surface area (Å²) in [5.41, 5.74) is 2.35. The summed E-state index contributed by atoms with van der Waals surface area (Å²) in [6.07, 6.45) is 0. The van der Waals surface area contributed by atoms with Gasteiger partial charge in [-0.05, 0) is 60.7 Å². The van der Waals surface area contributed by atoms with E-state index in [-0.39, 0.29) is 4.90 Å². The van der Waals surface area contributed by atoms with Crippen LogP contribution in [0.15, 0.2) is 88.3 Å². The standard InChI is InChI=1S/C21H14N4O3S/c22-14-15-6-8-17(9-7-15)21-23-20(24-28-21)16-10-12-18(13-11-16)25-29(26,27)19-4-2-1-3-5-19/h1-13,25H. The fraction of sp³-hybridized carbons (Fsp3) is 0. The third-order valence-corrected chi connectivity index (χ3v) is 5.53. The average molecular weight is 402 g/mol. The van der Waals surface area contributed by atoms with Crippen molar-refractivity contribution in [3.8, 4) is 28.9 Å². The van der Waals surface area contributed by atoms with E-state index in [9.17, 15) is 8.42 Å². The smallest absolute Gasteiger partial charge is 0.261 e. The Bertz CT molecular complexity index is 1270. The second kappa shape index (κ2) is 7.58. The lowest BCUT2D eigenvalue weighted by Gasteiger charge is -2.08. The molecular formula is C21H14N4O3S. The van der Waals surface area contributed by atoms with Gasteiger partial charge in [-0.2, -0.15) is 10.2 Å². The van der Waals surface area contributed by atoms with Crippen LogP contribution in [0.25, 0.3) is 22.8 Å². The first kappa shape index (κ1) is 18.4. The summed E-state index contributed by atoms with van der Waals surface area (Å²) in [5, 5.41) is 12.8. The third-order valence-electron chi connectivity index (χ3n) is 4.14. The summed E-state index contributed by atoms with van der Waals surface area (Å²) < 4.78 is 32.6. The molecule has 0 fully saturated rings. The third kappa shape index (κ3) is 4.00. The van der Waals surface area contributed by atoms with Crippen molar-refractivity contribution in [3.63, 3.8) is 0 Å². The number of rotatable bonds is 5. The van der Waals surface area contributed by atoms with Crippen LogP contribution in [-0.2, 0) is 10.0 Å². The van der Waals surface area contributed by atoms with Gasteiger partial charge in [-0.3, -0.25) is 4.72 Å². The molecule has 0 radical (unpaired) electrons. The quantitative estimate of drug-likeness (QED) is 0.539. The van der Waals surface area contributed by atoms with Crippen molar-refractivity contribution in [2.45, 2.75) is 4.90 Å². The molecule has 1 N–H and O–H groups in total. The largest absolute Gasteiger partial charge is 0.334 e. The van der Waals surface area contributed by atoms with Crippen LogP contribution in [-0.4, -0.2) is 18.6 Å². The molecule has 1 heterocycles. The number of sulfonamides is 1. The SMILES string of the molecule is N#Cc1ccc(-c2nc(-c3ccc(NS(=O)(=O)c4ccccc4)cc3)no2)cc1. The Morgan fingerprint density at radius 2 is 1.52 bits per heavy atom. The summed E-state index contributed by atoms with van der Waals surface area (Å²) in [4.78, 5) is 4.55. The normalized spacial score (nSPS) is 11.0. The molecule has 4 rings (SSSR count). The van der Waals surface area contributed by atoms with Gasteiger partial charge in [0.25, 0.3) is 15.9 Å². The van der Waals surface area contributed by atoms with E-state index < -0.39 is 10.0 Å². The van der Waals surface area contributed by atoms with Crippen LogP contribution in [0.3, 0.4) is 0 Å². The van der Waals surface area contributed by atoms with Crippen LogP contribution in [0.4, 0.5) is 5.69 Å². The zero-order valence-electron chi connectivity index (χ0n) is 15.0. The van der Waals surface area contributed by atoms with E-state index in [2.05, 4.69) is 20.9 Å². The molecule has 0 saturated carbocycles. The molecule has 29 heavy (non-hydrogen) atoms. The molecule has 0 aliphatic rings. The van der Waals surface area contributed by atoms with Gasteiger partial charge in [-0.15, -0.1) is 0 Å². The molecule has 3 aromatic carbocycles. The van der Waals surface area contributed by atoms with Gasteiger partial charge in [0.05, 0.1) is 16.5 Å². The number of hydrogen-bond donors (Lipinski definition) is 1. The number of benzene rings is 3. The minimum Gasteiger partial charge on any atom is -0.334 e. The maximum Gasteiger partial charge on any atom is 0.261 e. The van der Waals surface area contributed by atoms with Crippen molar-refractivity contribution in [3.05, 3.63) is 84.4 Å². The lowest BCUT2D eigenvalue weighted by atomic mass is 10.1. The number of nitriles is 1. The van der Waals surface area contributed by atoms with Crippen LogP contribution >= 0.6 is 0 Å². The molecule has 8 heteroatoms. The van der Waals surface area contributed by atoms with E-state index in [0.29, 0.717) is 34.1 Å². The summed E-state index contributed by atoms with van der Waals surface area (Å²) in [6, 6.07) is 23.7. The zero-order valence-corrected chi connectivity index (χ0v) is 15.8. The highest BCUT2D eigenvalue weighted by atomic mass is 32.2. The molecule has 0 amide bonds. The minimum atomic E-state index is -3.65. The van der Waals surface area contributed by atoms with Gasteiger partial charge < -0.3 is 4.52 Å². The van der Waals surface area contributed by atoms with Crippen molar-refractivity contribution in [2.24, 2.45) is 0 Å². The Balaban J connectivity index is 1.53. The topological polar surface area (TPSA) is 109 Å². The average Bonchev–Trinajstić information content (AvgIpc) is 3.25. The van der Waals surface area contributed by atoms with Gasteiger partial charge in [0, 0.05) is 16.8 Å².